The van der Waals surface area contributed by atoms with E-state index >= 15 is 0 Å². The molecular weight excluding hydrogens is 208 g/mol. The molecule has 0 saturated heterocycles. The van der Waals surface area contributed by atoms with E-state index in [4.69, 9.17) is 5.11 Å². The maximum atomic E-state index is 10.7. The molecule has 0 aliphatic carbocycles. The average molecular weight is 220 g/mol. The fourth-order valence-corrected chi connectivity index (χ4v) is 1.64. The van der Waals surface area contributed by atoms with Gasteiger partial charge in [0.1, 0.15) is 0 Å². The molecule has 2 heterocycles. The minimum atomic E-state index is -0.892. The van der Waals surface area contributed by atoms with Gasteiger partial charge >= 0.3 is 5.97 Å². The van der Waals surface area contributed by atoms with Crippen LogP contribution in [0.25, 0.3) is 11.3 Å². The van der Waals surface area contributed by atoms with E-state index in [0.717, 1.165) is 16.8 Å². The van der Waals surface area contributed by atoms with E-state index < -0.39 is 5.97 Å². The molecule has 0 aliphatic heterocycles. The molecule has 2 aromatic rings. The van der Waals surface area contributed by atoms with Gasteiger partial charge in [0.2, 0.25) is 0 Å². The number of hydrogen-bond acceptors (Lipinski definition) is 3. The zero-order valence-corrected chi connectivity index (χ0v) is 9.06. The number of aliphatic carboxylic acids is 1. The number of aryl methyl sites for hydroxylation is 2. The summed E-state index contributed by atoms with van der Waals surface area (Å²) in [5.74, 6) is -0.892. The molecule has 0 fully saturated rings. The van der Waals surface area contributed by atoms with E-state index in [-0.39, 0.29) is 6.42 Å². The van der Waals surface area contributed by atoms with Crippen LogP contribution < -0.4 is 0 Å². The fourth-order valence-electron chi connectivity index (χ4n) is 1.64. The maximum Gasteiger partial charge on any atom is 0.309 e. The summed E-state index contributed by atoms with van der Waals surface area (Å²) in [7, 11) is 1.76. The molecule has 0 atom stereocenters. The number of H-pyrrole nitrogens is 1. The van der Waals surface area contributed by atoms with Crippen LogP contribution in [0.2, 0.25) is 0 Å². The summed E-state index contributed by atoms with van der Waals surface area (Å²) in [6.07, 6.45) is 3.40. The van der Waals surface area contributed by atoms with Crippen molar-refractivity contribution in [2.45, 2.75) is 13.3 Å². The monoisotopic (exact) mass is 220 g/mol. The summed E-state index contributed by atoms with van der Waals surface area (Å²) < 4.78 is 1.61. The van der Waals surface area contributed by atoms with Crippen LogP contribution in [-0.2, 0) is 18.3 Å². The highest BCUT2D eigenvalue weighted by Gasteiger charge is 2.15. The first kappa shape index (κ1) is 10.4. The van der Waals surface area contributed by atoms with E-state index in [1.165, 1.54) is 0 Å². The molecule has 0 unspecified atom stereocenters. The summed E-state index contributed by atoms with van der Waals surface area (Å²) in [4.78, 5) is 10.7. The first-order valence-electron chi connectivity index (χ1n) is 4.82. The predicted octanol–water partition coefficient (Wildman–Crippen LogP) is 0.746. The summed E-state index contributed by atoms with van der Waals surface area (Å²) in [6.45, 7) is 1.91. The van der Waals surface area contributed by atoms with Gasteiger partial charge in [0.05, 0.1) is 24.0 Å². The lowest BCUT2D eigenvalue weighted by Gasteiger charge is -1.97. The number of nitrogens with one attached hydrogen (secondary N) is 1. The molecule has 84 valence electrons. The van der Waals surface area contributed by atoms with Crippen molar-refractivity contribution < 1.29 is 9.90 Å². The molecule has 0 spiro atoms. The molecular formula is C10H12N4O2. The van der Waals surface area contributed by atoms with Crippen molar-refractivity contribution in [1.29, 1.82) is 0 Å². The quantitative estimate of drug-likeness (QED) is 0.799. The van der Waals surface area contributed by atoms with Crippen LogP contribution in [0, 0.1) is 6.92 Å². The SMILES string of the molecule is Cc1cn[nH]c1-c1cn(C)nc1CC(=O)O. The van der Waals surface area contributed by atoms with Gasteiger partial charge in [-0.25, -0.2) is 0 Å². The smallest absolute Gasteiger partial charge is 0.309 e. The highest BCUT2D eigenvalue weighted by molar-refractivity contribution is 5.74. The van der Waals surface area contributed by atoms with E-state index in [2.05, 4.69) is 15.3 Å². The number of aromatic amines is 1. The zero-order valence-electron chi connectivity index (χ0n) is 9.06. The Bertz CT molecular complexity index is 527. The molecule has 2 aromatic heterocycles. The van der Waals surface area contributed by atoms with Crippen molar-refractivity contribution in [1.82, 2.24) is 20.0 Å². The standard InChI is InChI=1S/C10H12N4O2/c1-6-4-11-12-10(6)7-5-14(2)13-8(7)3-9(15)16/h4-5H,3H2,1-2H3,(H,11,12)(H,15,16). The third-order valence-electron chi connectivity index (χ3n) is 2.32. The summed E-state index contributed by atoms with van der Waals surface area (Å²) in [5, 5.41) is 19.7. The second-order valence-corrected chi connectivity index (χ2v) is 3.66. The molecule has 0 radical (unpaired) electrons. The molecule has 2 rings (SSSR count). The Balaban J connectivity index is 2.48. The van der Waals surface area contributed by atoms with Crippen LogP contribution in [0.4, 0.5) is 0 Å². The lowest BCUT2D eigenvalue weighted by atomic mass is 10.1. The van der Waals surface area contributed by atoms with Crippen molar-refractivity contribution >= 4 is 5.97 Å². The third-order valence-corrected chi connectivity index (χ3v) is 2.32. The molecule has 0 aromatic carbocycles. The van der Waals surface area contributed by atoms with E-state index in [0.29, 0.717) is 5.69 Å². The normalized spacial score (nSPS) is 10.6. The number of carboxylic acids is 1. The van der Waals surface area contributed by atoms with Crippen LogP contribution in [0.3, 0.4) is 0 Å². The Hall–Kier alpha value is -2.11. The number of nitrogens with zero attached hydrogens (tertiary/aromatic N) is 3. The Labute approximate surface area is 91.9 Å². The van der Waals surface area contributed by atoms with Gasteiger partial charge in [0.15, 0.2) is 0 Å². The van der Waals surface area contributed by atoms with Crippen LogP contribution in [0.1, 0.15) is 11.3 Å². The van der Waals surface area contributed by atoms with Crippen molar-refractivity contribution in [3.05, 3.63) is 23.7 Å². The van der Waals surface area contributed by atoms with E-state index in [1.807, 2.05) is 6.92 Å². The van der Waals surface area contributed by atoms with Crippen LogP contribution >= 0.6 is 0 Å². The number of carboxylic acid groups (broad SMARTS) is 1. The lowest BCUT2D eigenvalue weighted by Crippen LogP contribution is -2.03. The molecule has 0 amide bonds. The molecule has 2 N–H and O–H groups in total. The second-order valence-electron chi connectivity index (χ2n) is 3.66. The number of carbonyl (C=O) groups is 1. The molecule has 6 heteroatoms. The van der Waals surface area contributed by atoms with Gasteiger partial charge in [-0.1, -0.05) is 0 Å². The van der Waals surface area contributed by atoms with Gasteiger partial charge in [-0.05, 0) is 12.5 Å². The largest absolute Gasteiger partial charge is 0.481 e. The molecule has 16 heavy (non-hydrogen) atoms. The summed E-state index contributed by atoms with van der Waals surface area (Å²) in [6, 6.07) is 0. The third kappa shape index (κ3) is 1.81. The number of aromatic nitrogens is 4. The van der Waals surface area contributed by atoms with Gasteiger partial charge in [-0.3, -0.25) is 14.6 Å². The van der Waals surface area contributed by atoms with Crippen molar-refractivity contribution in [3.63, 3.8) is 0 Å². The molecule has 6 nitrogen and oxygen atoms in total. The van der Waals surface area contributed by atoms with Crippen LogP contribution in [0.15, 0.2) is 12.4 Å². The maximum absolute atomic E-state index is 10.7. The summed E-state index contributed by atoms with van der Waals surface area (Å²) in [5.41, 5.74) is 3.13. The zero-order chi connectivity index (χ0) is 11.7. The van der Waals surface area contributed by atoms with E-state index in [9.17, 15) is 4.79 Å². The first-order valence-corrected chi connectivity index (χ1v) is 4.82. The van der Waals surface area contributed by atoms with Gasteiger partial charge in [0, 0.05) is 18.8 Å². The van der Waals surface area contributed by atoms with E-state index in [1.54, 1.807) is 24.1 Å². The fraction of sp³-hybridized carbons (Fsp3) is 0.300. The molecule has 0 aliphatic rings. The van der Waals surface area contributed by atoms with Gasteiger partial charge < -0.3 is 5.11 Å². The lowest BCUT2D eigenvalue weighted by molar-refractivity contribution is -0.136. The van der Waals surface area contributed by atoms with Crippen molar-refractivity contribution in [2.24, 2.45) is 7.05 Å². The average Bonchev–Trinajstić information content (AvgIpc) is 2.71. The minimum Gasteiger partial charge on any atom is -0.481 e. The second kappa shape index (κ2) is 3.80. The Morgan fingerprint density at radius 1 is 1.62 bits per heavy atom. The number of hydrogen-bond donors (Lipinski definition) is 2. The topological polar surface area (TPSA) is 83.8 Å². The van der Waals surface area contributed by atoms with Crippen LogP contribution in [0.5, 0.6) is 0 Å². The molecule has 0 saturated carbocycles. The minimum absolute atomic E-state index is 0.0887. The highest BCUT2D eigenvalue weighted by atomic mass is 16.4. The first-order chi connectivity index (χ1) is 7.58. The van der Waals surface area contributed by atoms with Crippen molar-refractivity contribution in [2.75, 3.05) is 0 Å². The van der Waals surface area contributed by atoms with Gasteiger partial charge in [-0.2, -0.15) is 10.2 Å². The Morgan fingerprint density at radius 3 is 2.94 bits per heavy atom. The Morgan fingerprint density at radius 2 is 2.38 bits per heavy atom. The van der Waals surface area contributed by atoms with Crippen LogP contribution in [-0.4, -0.2) is 31.1 Å². The summed E-state index contributed by atoms with van der Waals surface area (Å²) >= 11 is 0. The van der Waals surface area contributed by atoms with Gasteiger partial charge in [0.25, 0.3) is 0 Å². The van der Waals surface area contributed by atoms with Gasteiger partial charge in [-0.15, -0.1) is 0 Å². The Kier molecular flexibility index (Phi) is 2.47. The predicted molar refractivity (Wildman–Crippen MR) is 56.9 cm³/mol. The number of rotatable bonds is 3. The van der Waals surface area contributed by atoms with Crippen molar-refractivity contribution in [3.8, 4) is 11.3 Å². The molecule has 0 bridgehead atoms. The highest BCUT2D eigenvalue weighted by Crippen LogP contribution is 2.23.